The number of nitrogens with one attached hydrogen (secondary N) is 1. The quantitative estimate of drug-likeness (QED) is 0.848. The summed E-state index contributed by atoms with van der Waals surface area (Å²) >= 11 is 0. The molecule has 1 aliphatic heterocycles. The number of ether oxygens (including phenoxy) is 1. The highest BCUT2D eigenvalue weighted by atomic mass is 32.2. The minimum atomic E-state index is -4.26. The van der Waals surface area contributed by atoms with Gasteiger partial charge in [0.1, 0.15) is 11.6 Å². The van der Waals surface area contributed by atoms with Crippen LogP contribution in [-0.4, -0.2) is 52.2 Å². The Balaban J connectivity index is 1.99. The van der Waals surface area contributed by atoms with Gasteiger partial charge in [0.05, 0.1) is 12.7 Å². The molecule has 1 aromatic carbocycles. The van der Waals surface area contributed by atoms with Crippen LogP contribution in [0.4, 0.5) is 8.78 Å². The van der Waals surface area contributed by atoms with Crippen LogP contribution in [0.1, 0.15) is 13.8 Å². The van der Waals surface area contributed by atoms with Crippen molar-refractivity contribution in [2.45, 2.75) is 24.8 Å². The van der Waals surface area contributed by atoms with E-state index in [2.05, 4.69) is 23.5 Å². The van der Waals surface area contributed by atoms with Crippen molar-refractivity contribution in [3.05, 3.63) is 29.8 Å². The van der Waals surface area contributed by atoms with Gasteiger partial charge in [0.15, 0.2) is 4.90 Å². The summed E-state index contributed by atoms with van der Waals surface area (Å²) in [5.74, 6) is -1.72. The van der Waals surface area contributed by atoms with Gasteiger partial charge in [0.25, 0.3) is 0 Å². The number of benzene rings is 1. The molecule has 0 bridgehead atoms. The standard InChI is InChI=1S/C15H22F2N2O3S/c1-11(2)9-19-6-7-22-12(10-19)8-18-23(20,21)15-13(16)4-3-5-14(15)17/h3-5,11-12,18H,6-10H2,1-2H3/t12-/m0/s1. The van der Waals surface area contributed by atoms with Gasteiger partial charge in [-0.05, 0) is 18.1 Å². The Morgan fingerprint density at radius 1 is 1.35 bits per heavy atom. The number of morpholine rings is 1. The summed E-state index contributed by atoms with van der Waals surface area (Å²) in [7, 11) is -4.26. The van der Waals surface area contributed by atoms with Crippen molar-refractivity contribution in [1.29, 1.82) is 0 Å². The van der Waals surface area contributed by atoms with Crippen LogP contribution >= 0.6 is 0 Å². The first kappa shape index (κ1) is 18.3. The molecule has 1 aliphatic rings. The molecule has 0 radical (unpaired) electrons. The molecule has 8 heteroatoms. The summed E-state index contributed by atoms with van der Waals surface area (Å²) in [6.07, 6.45) is -0.341. The maximum Gasteiger partial charge on any atom is 0.246 e. The van der Waals surface area contributed by atoms with Crippen molar-refractivity contribution in [3.63, 3.8) is 0 Å². The van der Waals surface area contributed by atoms with E-state index in [1.54, 1.807) is 0 Å². The lowest BCUT2D eigenvalue weighted by Crippen LogP contribution is -2.48. The Morgan fingerprint density at radius 3 is 2.61 bits per heavy atom. The summed E-state index contributed by atoms with van der Waals surface area (Å²) in [6, 6.07) is 2.95. The maximum absolute atomic E-state index is 13.6. The molecule has 1 heterocycles. The van der Waals surface area contributed by atoms with E-state index in [1.807, 2.05) is 0 Å². The molecule has 0 saturated carbocycles. The second-order valence-electron chi connectivity index (χ2n) is 6.05. The van der Waals surface area contributed by atoms with Gasteiger partial charge >= 0.3 is 0 Å². The van der Waals surface area contributed by atoms with Crippen molar-refractivity contribution in [2.24, 2.45) is 5.92 Å². The van der Waals surface area contributed by atoms with Crippen molar-refractivity contribution < 1.29 is 21.9 Å². The lowest BCUT2D eigenvalue weighted by molar-refractivity contribution is -0.0280. The van der Waals surface area contributed by atoms with Crippen molar-refractivity contribution >= 4 is 10.0 Å². The largest absolute Gasteiger partial charge is 0.374 e. The zero-order valence-electron chi connectivity index (χ0n) is 13.3. The predicted octanol–water partition coefficient (Wildman–Crippen LogP) is 1.60. The maximum atomic E-state index is 13.6. The molecular weight excluding hydrogens is 326 g/mol. The Bertz CT molecular complexity index is 617. The van der Waals surface area contributed by atoms with Crippen LogP contribution in [0, 0.1) is 17.6 Å². The molecule has 1 atom stereocenters. The van der Waals surface area contributed by atoms with Gasteiger partial charge in [0, 0.05) is 26.2 Å². The monoisotopic (exact) mass is 348 g/mol. The lowest BCUT2D eigenvalue weighted by atomic mass is 10.2. The van der Waals surface area contributed by atoms with Gasteiger partial charge in [-0.1, -0.05) is 19.9 Å². The number of sulfonamides is 1. The van der Waals surface area contributed by atoms with Crippen LogP contribution < -0.4 is 4.72 Å². The number of hydrogen-bond donors (Lipinski definition) is 1. The molecule has 0 aliphatic carbocycles. The number of nitrogens with zero attached hydrogens (tertiary/aromatic N) is 1. The number of hydrogen-bond acceptors (Lipinski definition) is 4. The molecule has 0 aromatic heterocycles. The zero-order valence-corrected chi connectivity index (χ0v) is 14.1. The molecule has 130 valence electrons. The molecule has 1 saturated heterocycles. The molecule has 0 unspecified atom stereocenters. The molecule has 2 rings (SSSR count). The van der Waals surface area contributed by atoms with E-state index in [0.717, 1.165) is 31.3 Å². The molecule has 23 heavy (non-hydrogen) atoms. The van der Waals surface area contributed by atoms with Crippen LogP contribution in [-0.2, 0) is 14.8 Å². The molecule has 0 spiro atoms. The van der Waals surface area contributed by atoms with Gasteiger partial charge in [-0.25, -0.2) is 21.9 Å². The Hall–Kier alpha value is -1.09. The van der Waals surface area contributed by atoms with Crippen LogP contribution in [0.3, 0.4) is 0 Å². The summed E-state index contributed by atoms with van der Waals surface area (Å²) in [5.41, 5.74) is 0. The topological polar surface area (TPSA) is 58.6 Å². The SMILES string of the molecule is CC(C)CN1CCO[C@@H](CNS(=O)(=O)c2c(F)cccc2F)C1. The van der Waals surface area contributed by atoms with Crippen molar-refractivity contribution in [3.8, 4) is 0 Å². The first-order valence-corrected chi connectivity index (χ1v) is 9.05. The zero-order chi connectivity index (χ0) is 17.0. The first-order valence-electron chi connectivity index (χ1n) is 7.57. The third-order valence-corrected chi connectivity index (χ3v) is 5.01. The third-order valence-electron chi connectivity index (χ3n) is 3.53. The minimum Gasteiger partial charge on any atom is -0.374 e. The Morgan fingerprint density at radius 2 is 2.00 bits per heavy atom. The van der Waals surface area contributed by atoms with Gasteiger partial charge in [-0.3, -0.25) is 4.90 Å². The summed E-state index contributed by atoms with van der Waals surface area (Å²) < 4.78 is 59.2. The third kappa shape index (κ3) is 4.94. The van der Waals surface area contributed by atoms with E-state index in [0.29, 0.717) is 19.1 Å². The van der Waals surface area contributed by atoms with Crippen LogP contribution in [0.2, 0.25) is 0 Å². The fraction of sp³-hybridized carbons (Fsp3) is 0.600. The minimum absolute atomic E-state index is 0.0231. The van der Waals surface area contributed by atoms with Gasteiger partial charge in [0.2, 0.25) is 10.0 Å². The van der Waals surface area contributed by atoms with Crippen molar-refractivity contribution in [1.82, 2.24) is 9.62 Å². The first-order chi connectivity index (χ1) is 10.8. The summed E-state index contributed by atoms with van der Waals surface area (Å²) in [5, 5.41) is 0. The molecule has 0 amide bonds. The summed E-state index contributed by atoms with van der Waals surface area (Å²) in [6.45, 7) is 6.97. The van der Waals surface area contributed by atoms with Crippen LogP contribution in [0.25, 0.3) is 0 Å². The number of rotatable bonds is 6. The lowest BCUT2D eigenvalue weighted by Gasteiger charge is -2.33. The van der Waals surface area contributed by atoms with E-state index in [9.17, 15) is 17.2 Å². The molecule has 1 N–H and O–H groups in total. The van der Waals surface area contributed by atoms with Crippen molar-refractivity contribution in [2.75, 3.05) is 32.8 Å². The van der Waals surface area contributed by atoms with Crippen LogP contribution in [0.15, 0.2) is 23.1 Å². The summed E-state index contributed by atoms with van der Waals surface area (Å²) in [4.78, 5) is 1.24. The molecular formula is C15H22F2N2O3S. The Labute approximate surface area is 135 Å². The molecule has 5 nitrogen and oxygen atoms in total. The second kappa shape index (κ2) is 7.65. The van der Waals surface area contributed by atoms with Crippen LogP contribution in [0.5, 0.6) is 0 Å². The van der Waals surface area contributed by atoms with Gasteiger partial charge < -0.3 is 4.74 Å². The van der Waals surface area contributed by atoms with E-state index in [1.165, 1.54) is 0 Å². The molecule has 1 fully saturated rings. The van der Waals surface area contributed by atoms with E-state index in [-0.39, 0.29) is 12.6 Å². The highest BCUT2D eigenvalue weighted by molar-refractivity contribution is 7.89. The van der Waals surface area contributed by atoms with Gasteiger partial charge in [-0.2, -0.15) is 0 Å². The van der Waals surface area contributed by atoms with E-state index < -0.39 is 26.6 Å². The Kier molecular flexibility index (Phi) is 6.07. The fourth-order valence-electron chi connectivity index (χ4n) is 2.60. The van der Waals surface area contributed by atoms with Gasteiger partial charge in [-0.15, -0.1) is 0 Å². The number of halogens is 2. The highest BCUT2D eigenvalue weighted by Crippen LogP contribution is 2.18. The smallest absolute Gasteiger partial charge is 0.246 e. The fourth-order valence-corrected chi connectivity index (χ4v) is 3.80. The second-order valence-corrected chi connectivity index (χ2v) is 7.75. The molecule has 1 aromatic rings. The van der Waals surface area contributed by atoms with E-state index in [4.69, 9.17) is 4.74 Å². The highest BCUT2D eigenvalue weighted by Gasteiger charge is 2.27. The predicted molar refractivity (Wildman–Crippen MR) is 82.6 cm³/mol. The van der Waals surface area contributed by atoms with E-state index >= 15 is 0 Å². The normalized spacial score (nSPS) is 20.1. The average Bonchev–Trinajstić information content (AvgIpc) is 2.44. The average molecular weight is 348 g/mol.